The van der Waals surface area contributed by atoms with Crippen LogP contribution >= 0.6 is 11.8 Å². The van der Waals surface area contributed by atoms with Crippen molar-refractivity contribution in [3.8, 4) is 0 Å². The summed E-state index contributed by atoms with van der Waals surface area (Å²) in [4.78, 5) is 26.5. The van der Waals surface area contributed by atoms with Gasteiger partial charge in [-0.15, -0.1) is 10.2 Å². The molecule has 0 saturated carbocycles. The molecule has 120 valence electrons. The normalized spacial score (nSPS) is 14.7. The summed E-state index contributed by atoms with van der Waals surface area (Å²) in [6.07, 6.45) is -4.58. The maximum atomic E-state index is 12.8. The van der Waals surface area contributed by atoms with E-state index in [0.717, 1.165) is 23.9 Å². The van der Waals surface area contributed by atoms with E-state index in [4.69, 9.17) is 0 Å². The van der Waals surface area contributed by atoms with Gasteiger partial charge in [0.2, 0.25) is 11.1 Å². The number of nitrogens with zero attached hydrogens (tertiary/aromatic N) is 3. The van der Waals surface area contributed by atoms with Crippen LogP contribution in [0.3, 0.4) is 0 Å². The first-order valence-corrected chi connectivity index (χ1v) is 7.08. The van der Waals surface area contributed by atoms with Crippen LogP contribution in [0, 0.1) is 0 Å². The summed E-state index contributed by atoms with van der Waals surface area (Å²) in [5, 5.41) is 9.12. The van der Waals surface area contributed by atoms with Gasteiger partial charge in [0.15, 0.2) is 0 Å². The van der Waals surface area contributed by atoms with E-state index in [0.29, 0.717) is 0 Å². The van der Waals surface area contributed by atoms with Crippen molar-refractivity contribution < 1.29 is 22.8 Å². The first-order chi connectivity index (χ1) is 10.8. The number of benzene rings is 1. The molecule has 23 heavy (non-hydrogen) atoms. The topological polar surface area (TPSA) is 83.2 Å². The van der Waals surface area contributed by atoms with E-state index in [-0.39, 0.29) is 22.3 Å². The Kier molecular flexibility index (Phi) is 4.94. The molecule has 0 bridgehead atoms. The zero-order chi connectivity index (χ0) is 17.0. The SMILES string of the molecule is C=C1N=NC(SCC(=O)Nc2ccccc2C(F)(F)F)=NC1=O. The van der Waals surface area contributed by atoms with E-state index in [9.17, 15) is 22.8 Å². The van der Waals surface area contributed by atoms with E-state index in [2.05, 4.69) is 27.1 Å². The van der Waals surface area contributed by atoms with Gasteiger partial charge in [-0.2, -0.15) is 18.2 Å². The van der Waals surface area contributed by atoms with Crippen molar-refractivity contribution in [2.45, 2.75) is 6.18 Å². The molecule has 0 aliphatic carbocycles. The molecule has 1 heterocycles. The monoisotopic (exact) mass is 342 g/mol. The minimum absolute atomic E-state index is 0.0540. The third kappa shape index (κ3) is 4.49. The fourth-order valence-electron chi connectivity index (χ4n) is 1.54. The Balaban J connectivity index is 1.99. The molecule has 0 spiro atoms. The number of para-hydroxylation sites is 1. The summed E-state index contributed by atoms with van der Waals surface area (Å²) >= 11 is 0.778. The van der Waals surface area contributed by atoms with Crippen molar-refractivity contribution in [2.24, 2.45) is 15.2 Å². The highest BCUT2D eigenvalue weighted by Gasteiger charge is 2.33. The molecule has 0 unspecified atom stereocenters. The molecule has 0 saturated heterocycles. The lowest BCUT2D eigenvalue weighted by molar-refractivity contribution is -0.137. The Morgan fingerprint density at radius 3 is 2.61 bits per heavy atom. The number of carbonyl (C=O) groups is 2. The smallest absolute Gasteiger partial charge is 0.325 e. The maximum Gasteiger partial charge on any atom is 0.418 e. The van der Waals surface area contributed by atoms with Gasteiger partial charge >= 0.3 is 6.18 Å². The van der Waals surface area contributed by atoms with E-state index in [1.165, 1.54) is 12.1 Å². The molecule has 2 rings (SSSR count). The number of halogens is 3. The van der Waals surface area contributed by atoms with Crippen LogP contribution < -0.4 is 5.32 Å². The highest BCUT2D eigenvalue weighted by Crippen LogP contribution is 2.34. The summed E-state index contributed by atoms with van der Waals surface area (Å²) in [5.41, 5.74) is -1.42. The third-order valence-corrected chi connectivity index (χ3v) is 3.38. The highest BCUT2D eigenvalue weighted by atomic mass is 32.2. The van der Waals surface area contributed by atoms with Crippen LogP contribution in [0.15, 0.2) is 51.8 Å². The van der Waals surface area contributed by atoms with Crippen molar-refractivity contribution in [2.75, 3.05) is 11.1 Å². The molecule has 0 radical (unpaired) electrons. The van der Waals surface area contributed by atoms with Gasteiger partial charge in [-0.3, -0.25) is 9.59 Å². The van der Waals surface area contributed by atoms with Gasteiger partial charge in [0.1, 0.15) is 5.70 Å². The minimum atomic E-state index is -4.58. The first-order valence-electron chi connectivity index (χ1n) is 6.10. The van der Waals surface area contributed by atoms with Gasteiger partial charge in [-0.1, -0.05) is 30.5 Å². The third-order valence-electron chi connectivity index (χ3n) is 2.54. The number of nitrogens with one attached hydrogen (secondary N) is 1. The van der Waals surface area contributed by atoms with Gasteiger partial charge in [-0.25, -0.2) is 0 Å². The Morgan fingerprint density at radius 2 is 1.96 bits per heavy atom. The quantitative estimate of drug-likeness (QED) is 0.856. The van der Waals surface area contributed by atoms with Gasteiger partial charge < -0.3 is 5.32 Å². The molecule has 0 atom stereocenters. The first kappa shape index (κ1) is 16.9. The van der Waals surface area contributed by atoms with Crippen LogP contribution in [-0.4, -0.2) is 22.7 Å². The van der Waals surface area contributed by atoms with Gasteiger partial charge in [0.25, 0.3) is 5.91 Å². The van der Waals surface area contributed by atoms with Crippen LogP contribution in [0.1, 0.15) is 5.56 Å². The molecule has 1 N–H and O–H groups in total. The second-order valence-corrected chi connectivity index (χ2v) is 5.17. The Bertz CT molecular complexity index is 728. The molecule has 6 nitrogen and oxygen atoms in total. The molecular weight excluding hydrogens is 333 g/mol. The van der Waals surface area contributed by atoms with Crippen molar-refractivity contribution in [1.82, 2.24) is 0 Å². The summed E-state index contributed by atoms with van der Waals surface area (Å²) in [5.74, 6) is -1.64. The van der Waals surface area contributed by atoms with E-state index in [1.807, 2.05) is 0 Å². The second-order valence-electron chi connectivity index (χ2n) is 4.23. The molecule has 1 aliphatic rings. The summed E-state index contributed by atoms with van der Waals surface area (Å²) < 4.78 is 38.4. The van der Waals surface area contributed by atoms with Gasteiger partial charge in [0, 0.05) is 0 Å². The largest absolute Gasteiger partial charge is 0.418 e. The van der Waals surface area contributed by atoms with Crippen LogP contribution in [0.2, 0.25) is 0 Å². The second kappa shape index (κ2) is 6.73. The number of amidine groups is 1. The number of azo groups is 1. The maximum absolute atomic E-state index is 12.8. The van der Waals surface area contributed by atoms with Crippen molar-refractivity contribution in [3.05, 3.63) is 42.1 Å². The molecule has 10 heteroatoms. The fraction of sp³-hybridized carbons (Fsp3) is 0.154. The van der Waals surface area contributed by atoms with E-state index < -0.39 is 23.6 Å². The molecule has 1 aromatic rings. The summed E-state index contributed by atoms with van der Waals surface area (Å²) in [6, 6.07) is 4.62. The molecule has 0 fully saturated rings. The molecule has 2 amide bonds. The van der Waals surface area contributed by atoms with Crippen LogP contribution in [0.5, 0.6) is 0 Å². The molecular formula is C13H9F3N4O2S. The number of thioether (sulfide) groups is 1. The van der Waals surface area contributed by atoms with E-state index >= 15 is 0 Å². The minimum Gasteiger partial charge on any atom is -0.325 e. The van der Waals surface area contributed by atoms with Crippen molar-refractivity contribution in [1.29, 1.82) is 0 Å². The highest BCUT2D eigenvalue weighted by molar-refractivity contribution is 8.14. The number of hydrogen-bond donors (Lipinski definition) is 1. The van der Waals surface area contributed by atoms with Crippen molar-refractivity contribution in [3.63, 3.8) is 0 Å². The van der Waals surface area contributed by atoms with Gasteiger partial charge in [-0.05, 0) is 12.1 Å². The predicted octanol–water partition coefficient (Wildman–Crippen LogP) is 3.24. The summed E-state index contributed by atoms with van der Waals surface area (Å²) in [7, 11) is 0. The Labute approximate surface area is 132 Å². The standard InChI is InChI=1S/C13H9F3N4O2S/c1-7-11(22)18-12(20-19-7)23-6-10(21)17-9-5-3-2-4-8(9)13(14,15)16/h2-5H,1,6H2,(H,17,21). The Hall–Kier alpha value is -2.49. The lowest BCUT2D eigenvalue weighted by Crippen LogP contribution is -2.19. The zero-order valence-electron chi connectivity index (χ0n) is 11.4. The lowest BCUT2D eigenvalue weighted by atomic mass is 10.1. The molecule has 1 aliphatic heterocycles. The Morgan fingerprint density at radius 1 is 1.26 bits per heavy atom. The number of hydrogen-bond acceptors (Lipinski definition) is 5. The molecule has 1 aromatic carbocycles. The van der Waals surface area contributed by atoms with Crippen molar-refractivity contribution >= 4 is 34.4 Å². The fourth-order valence-corrected chi connectivity index (χ4v) is 2.11. The number of alkyl halides is 3. The number of carbonyl (C=O) groups excluding carboxylic acids is 2. The average molecular weight is 342 g/mol. The number of anilines is 1. The number of rotatable bonds is 3. The molecule has 0 aromatic heterocycles. The van der Waals surface area contributed by atoms with Crippen LogP contribution in [0.25, 0.3) is 0 Å². The summed E-state index contributed by atoms with van der Waals surface area (Å²) in [6.45, 7) is 3.30. The van der Waals surface area contributed by atoms with Crippen LogP contribution in [-0.2, 0) is 15.8 Å². The van der Waals surface area contributed by atoms with E-state index in [1.54, 1.807) is 0 Å². The van der Waals surface area contributed by atoms with Crippen LogP contribution in [0.4, 0.5) is 18.9 Å². The average Bonchev–Trinajstić information content (AvgIpc) is 2.48. The number of aliphatic imine (C=N–C) groups is 1. The zero-order valence-corrected chi connectivity index (χ0v) is 12.2. The number of amides is 2. The predicted molar refractivity (Wildman–Crippen MR) is 79.0 cm³/mol. The van der Waals surface area contributed by atoms with Gasteiger partial charge in [0.05, 0.1) is 17.0 Å². The lowest BCUT2D eigenvalue weighted by Gasteiger charge is -2.13.